The summed E-state index contributed by atoms with van der Waals surface area (Å²) in [6.45, 7) is 5.67. The fourth-order valence-corrected chi connectivity index (χ4v) is 1.86. The van der Waals surface area contributed by atoms with Crippen molar-refractivity contribution >= 4 is 32.7 Å². The van der Waals surface area contributed by atoms with E-state index in [0.29, 0.717) is 0 Å². The molecule has 16 heavy (non-hydrogen) atoms. The molecule has 0 saturated heterocycles. The molecule has 4 heteroatoms. The summed E-state index contributed by atoms with van der Waals surface area (Å²) in [4.78, 5) is 12.1. The van der Waals surface area contributed by atoms with Gasteiger partial charge < -0.3 is 0 Å². The Hall–Kier alpha value is -1.16. The lowest BCUT2D eigenvalue weighted by Crippen LogP contribution is -2.27. The molecule has 3 nitrogen and oxygen atoms in total. The molecule has 0 aliphatic rings. The topological polar surface area (TPSA) is 34.9 Å². The standard InChI is InChI=1S/C12H13BrN2O/c1-12(2,3)11(16)15-10-5-4-9(13)6-8(10)7-14-15/h4-7H,1-3H3. The van der Waals surface area contributed by atoms with Gasteiger partial charge in [0.1, 0.15) is 0 Å². The number of rotatable bonds is 0. The van der Waals surface area contributed by atoms with Gasteiger partial charge in [-0.3, -0.25) is 4.79 Å². The largest absolute Gasteiger partial charge is 0.272 e. The van der Waals surface area contributed by atoms with Crippen molar-refractivity contribution in [3.8, 4) is 0 Å². The van der Waals surface area contributed by atoms with E-state index in [1.54, 1.807) is 6.20 Å². The third-order valence-corrected chi connectivity index (χ3v) is 2.86. The summed E-state index contributed by atoms with van der Waals surface area (Å²) in [5.74, 6) is 0.00447. The minimum atomic E-state index is -0.425. The van der Waals surface area contributed by atoms with E-state index in [1.807, 2.05) is 39.0 Å². The minimum absolute atomic E-state index is 0.00447. The average Bonchev–Trinajstić information content (AvgIpc) is 2.57. The van der Waals surface area contributed by atoms with Crippen molar-refractivity contribution in [2.75, 3.05) is 0 Å². The Morgan fingerprint density at radius 1 is 1.38 bits per heavy atom. The van der Waals surface area contributed by atoms with Gasteiger partial charge in [-0.15, -0.1) is 0 Å². The summed E-state index contributed by atoms with van der Waals surface area (Å²) in [7, 11) is 0. The van der Waals surface area contributed by atoms with Gasteiger partial charge in [0.15, 0.2) is 0 Å². The summed E-state index contributed by atoms with van der Waals surface area (Å²) in [5.41, 5.74) is 0.426. The molecule has 0 N–H and O–H groups in total. The lowest BCUT2D eigenvalue weighted by molar-refractivity contribution is 0.0755. The number of nitrogens with zero attached hydrogens (tertiary/aromatic N) is 2. The minimum Gasteiger partial charge on any atom is -0.272 e. The molecule has 0 saturated carbocycles. The monoisotopic (exact) mass is 280 g/mol. The molecule has 1 aromatic heterocycles. The SMILES string of the molecule is CC(C)(C)C(=O)n1ncc2cc(Br)ccc21. The molecule has 84 valence electrons. The molecule has 0 spiro atoms. The van der Waals surface area contributed by atoms with Crippen LogP contribution < -0.4 is 0 Å². The van der Waals surface area contributed by atoms with Crippen LogP contribution in [0.15, 0.2) is 28.9 Å². The summed E-state index contributed by atoms with van der Waals surface area (Å²) in [6, 6.07) is 5.77. The lowest BCUT2D eigenvalue weighted by atomic mass is 9.96. The van der Waals surface area contributed by atoms with Crippen LogP contribution in [-0.4, -0.2) is 15.7 Å². The van der Waals surface area contributed by atoms with Crippen molar-refractivity contribution in [3.05, 3.63) is 28.9 Å². The Balaban J connectivity index is 2.59. The maximum atomic E-state index is 12.1. The molecule has 2 rings (SSSR count). The van der Waals surface area contributed by atoms with Gasteiger partial charge in [0.05, 0.1) is 11.7 Å². The quantitative estimate of drug-likeness (QED) is 0.741. The summed E-state index contributed by atoms with van der Waals surface area (Å²) in [5, 5.41) is 5.11. The van der Waals surface area contributed by atoms with E-state index in [-0.39, 0.29) is 5.91 Å². The van der Waals surface area contributed by atoms with Gasteiger partial charge in [0, 0.05) is 15.3 Å². The van der Waals surface area contributed by atoms with E-state index >= 15 is 0 Å². The van der Waals surface area contributed by atoms with Gasteiger partial charge >= 0.3 is 0 Å². The highest BCUT2D eigenvalue weighted by Gasteiger charge is 2.24. The van der Waals surface area contributed by atoms with Crippen LogP contribution in [0.3, 0.4) is 0 Å². The Bertz CT molecular complexity index is 552. The first-order valence-electron chi connectivity index (χ1n) is 5.08. The predicted octanol–water partition coefficient (Wildman–Crippen LogP) is 3.49. The molecule has 0 bridgehead atoms. The van der Waals surface area contributed by atoms with Crippen LogP contribution in [-0.2, 0) is 0 Å². The third-order valence-electron chi connectivity index (χ3n) is 2.36. The van der Waals surface area contributed by atoms with E-state index in [2.05, 4.69) is 21.0 Å². The van der Waals surface area contributed by atoms with Gasteiger partial charge in [-0.25, -0.2) is 0 Å². The second kappa shape index (κ2) is 3.70. The molecular weight excluding hydrogens is 268 g/mol. The number of fused-ring (bicyclic) bond motifs is 1. The number of benzene rings is 1. The van der Waals surface area contributed by atoms with Crippen LogP contribution in [0.1, 0.15) is 25.6 Å². The van der Waals surface area contributed by atoms with E-state index in [9.17, 15) is 4.79 Å². The zero-order valence-corrected chi connectivity index (χ0v) is 11.1. The Labute approximate surface area is 103 Å². The van der Waals surface area contributed by atoms with Crippen molar-refractivity contribution in [1.82, 2.24) is 9.78 Å². The number of carbonyl (C=O) groups is 1. The van der Waals surface area contributed by atoms with Crippen molar-refractivity contribution in [2.45, 2.75) is 20.8 Å². The fourth-order valence-electron chi connectivity index (χ4n) is 1.48. The first-order valence-corrected chi connectivity index (χ1v) is 5.87. The smallest absolute Gasteiger partial charge is 0.252 e. The normalized spacial score (nSPS) is 12.0. The molecule has 1 aromatic carbocycles. The van der Waals surface area contributed by atoms with Crippen molar-refractivity contribution < 1.29 is 4.79 Å². The number of aromatic nitrogens is 2. The molecule has 0 unspecified atom stereocenters. The van der Waals surface area contributed by atoms with Crippen LogP contribution in [0.4, 0.5) is 0 Å². The zero-order valence-electron chi connectivity index (χ0n) is 9.49. The number of halogens is 1. The summed E-state index contributed by atoms with van der Waals surface area (Å²) >= 11 is 3.40. The van der Waals surface area contributed by atoms with Crippen LogP contribution in [0.5, 0.6) is 0 Å². The van der Waals surface area contributed by atoms with E-state index < -0.39 is 5.41 Å². The van der Waals surface area contributed by atoms with Crippen LogP contribution in [0, 0.1) is 5.41 Å². The van der Waals surface area contributed by atoms with Crippen LogP contribution in [0.2, 0.25) is 0 Å². The lowest BCUT2D eigenvalue weighted by Gasteiger charge is -2.16. The number of hydrogen-bond donors (Lipinski definition) is 0. The molecular formula is C12H13BrN2O. The molecule has 0 aliphatic carbocycles. The maximum Gasteiger partial charge on any atom is 0.252 e. The molecule has 2 aromatic rings. The van der Waals surface area contributed by atoms with Gasteiger partial charge in [0.2, 0.25) is 0 Å². The van der Waals surface area contributed by atoms with Gasteiger partial charge in [-0.1, -0.05) is 36.7 Å². The number of carbonyl (C=O) groups excluding carboxylic acids is 1. The van der Waals surface area contributed by atoms with E-state index in [4.69, 9.17) is 0 Å². The van der Waals surface area contributed by atoms with Gasteiger partial charge in [-0.2, -0.15) is 9.78 Å². The number of hydrogen-bond acceptors (Lipinski definition) is 2. The van der Waals surface area contributed by atoms with E-state index in [1.165, 1.54) is 4.68 Å². The van der Waals surface area contributed by atoms with Crippen molar-refractivity contribution in [2.24, 2.45) is 5.41 Å². The van der Waals surface area contributed by atoms with E-state index in [0.717, 1.165) is 15.4 Å². The highest BCUT2D eigenvalue weighted by molar-refractivity contribution is 9.10. The molecule has 0 atom stereocenters. The fraction of sp³-hybridized carbons (Fsp3) is 0.333. The summed E-state index contributed by atoms with van der Waals surface area (Å²) < 4.78 is 2.46. The van der Waals surface area contributed by atoms with Gasteiger partial charge in [-0.05, 0) is 18.2 Å². The molecule has 0 amide bonds. The Kier molecular flexibility index (Phi) is 2.62. The highest BCUT2D eigenvalue weighted by atomic mass is 79.9. The predicted molar refractivity (Wildman–Crippen MR) is 67.5 cm³/mol. The van der Waals surface area contributed by atoms with Crippen molar-refractivity contribution in [1.29, 1.82) is 0 Å². The third kappa shape index (κ3) is 1.89. The second-order valence-electron chi connectivity index (χ2n) is 4.81. The average molecular weight is 281 g/mol. The van der Waals surface area contributed by atoms with Crippen LogP contribution >= 0.6 is 15.9 Å². The van der Waals surface area contributed by atoms with Crippen molar-refractivity contribution in [3.63, 3.8) is 0 Å². The first kappa shape index (κ1) is 11.3. The molecule has 0 fully saturated rings. The maximum absolute atomic E-state index is 12.1. The van der Waals surface area contributed by atoms with Gasteiger partial charge in [0.25, 0.3) is 5.91 Å². The summed E-state index contributed by atoms with van der Waals surface area (Å²) in [6.07, 6.45) is 1.71. The molecule has 1 heterocycles. The molecule has 0 aliphatic heterocycles. The molecule has 0 radical (unpaired) electrons. The Morgan fingerprint density at radius 3 is 2.69 bits per heavy atom. The van der Waals surface area contributed by atoms with Crippen LogP contribution in [0.25, 0.3) is 10.9 Å². The second-order valence-corrected chi connectivity index (χ2v) is 5.73. The highest BCUT2D eigenvalue weighted by Crippen LogP contribution is 2.23. The Morgan fingerprint density at radius 2 is 2.06 bits per heavy atom. The first-order chi connectivity index (χ1) is 7.39. The zero-order chi connectivity index (χ0) is 11.9.